The smallest absolute Gasteiger partial charge is 0.248 e. The molecule has 0 fully saturated rings. The maximum Gasteiger partial charge on any atom is 0.248 e. The van der Waals surface area contributed by atoms with Crippen LogP contribution in [0.5, 0.6) is 5.75 Å². The summed E-state index contributed by atoms with van der Waals surface area (Å²) < 4.78 is 18.6. The van der Waals surface area contributed by atoms with Gasteiger partial charge in [0.2, 0.25) is 11.9 Å². The molecular weight excluding hydrogens is 237 g/mol. The first-order valence-corrected chi connectivity index (χ1v) is 5.23. The molecule has 0 unspecified atom stereocenters. The maximum absolute atomic E-state index is 13.1. The van der Waals surface area contributed by atoms with Gasteiger partial charge in [0.1, 0.15) is 23.7 Å². The number of ether oxygens (including phenoxy) is 1. The van der Waals surface area contributed by atoms with Crippen LogP contribution in [-0.4, -0.2) is 15.9 Å². The normalized spacial score (nSPS) is 12.3. The fourth-order valence-electron chi connectivity index (χ4n) is 1.85. The Hall–Kier alpha value is -2.50. The van der Waals surface area contributed by atoms with Crippen molar-refractivity contribution < 1.29 is 13.9 Å². The monoisotopic (exact) mass is 245 g/mol. The number of nitrogens with zero attached hydrogens (tertiary/aromatic N) is 2. The van der Waals surface area contributed by atoms with E-state index < -0.39 is 11.9 Å². The number of aromatic nitrogens is 2. The Morgan fingerprint density at radius 3 is 3.06 bits per heavy atom. The summed E-state index contributed by atoms with van der Waals surface area (Å²) in [6.07, 6.45) is 1.03. The number of amides is 1. The molecule has 1 aromatic carbocycles. The molecule has 0 spiro atoms. The second-order valence-corrected chi connectivity index (χ2v) is 3.85. The van der Waals surface area contributed by atoms with E-state index in [0.717, 1.165) is 6.20 Å². The van der Waals surface area contributed by atoms with Crippen LogP contribution in [-0.2, 0) is 6.61 Å². The molecule has 3 rings (SSSR count). The molecule has 0 aliphatic carbocycles. The summed E-state index contributed by atoms with van der Waals surface area (Å²) in [6.45, 7) is 0.228. The van der Waals surface area contributed by atoms with Crippen LogP contribution in [0.15, 0.2) is 24.4 Å². The lowest BCUT2D eigenvalue weighted by Crippen LogP contribution is -2.14. The van der Waals surface area contributed by atoms with Gasteiger partial charge in [-0.25, -0.2) is 4.98 Å². The van der Waals surface area contributed by atoms with E-state index in [9.17, 15) is 9.18 Å². The Balaban J connectivity index is 2.23. The molecule has 0 radical (unpaired) electrons. The number of halogens is 1. The van der Waals surface area contributed by atoms with Gasteiger partial charge < -0.3 is 10.5 Å². The fraction of sp³-hybridized carbons (Fsp3) is 0.0833. The van der Waals surface area contributed by atoms with Crippen molar-refractivity contribution in [3.63, 3.8) is 0 Å². The molecule has 1 aliphatic heterocycles. The predicted molar refractivity (Wildman–Crippen MR) is 60.3 cm³/mol. The molecule has 2 N–H and O–H groups in total. The van der Waals surface area contributed by atoms with E-state index in [0.29, 0.717) is 28.3 Å². The van der Waals surface area contributed by atoms with Crippen LogP contribution < -0.4 is 10.5 Å². The van der Waals surface area contributed by atoms with Crippen LogP contribution in [0.3, 0.4) is 0 Å². The second-order valence-electron chi connectivity index (χ2n) is 3.85. The van der Waals surface area contributed by atoms with Crippen molar-refractivity contribution >= 4 is 5.91 Å². The summed E-state index contributed by atoms with van der Waals surface area (Å²) in [5.74, 6) is -0.701. The molecule has 2 heterocycles. The van der Waals surface area contributed by atoms with E-state index in [1.54, 1.807) is 12.1 Å². The number of carbonyl (C=O) groups excluding carboxylic acids is 1. The Morgan fingerprint density at radius 2 is 2.28 bits per heavy atom. The Bertz CT molecular complexity index is 658. The molecule has 1 amide bonds. The van der Waals surface area contributed by atoms with Crippen molar-refractivity contribution in [1.29, 1.82) is 0 Å². The highest BCUT2D eigenvalue weighted by atomic mass is 19.1. The van der Waals surface area contributed by atoms with Crippen molar-refractivity contribution in [3.8, 4) is 17.0 Å². The van der Waals surface area contributed by atoms with Crippen LogP contribution in [0.2, 0.25) is 0 Å². The third kappa shape index (κ3) is 1.58. The van der Waals surface area contributed by atoms with Gasteiger partial charge in [0.05, 0.1) is 6.20 Å². The molecule has 18 heavy (non-hydrogen) atoms. The third-order valence-corrected chi connectivity index (χ3v) is 2.70. The third-order valence-electron chi connectivity index (χ3n) is 2.70. The molecule has 1 aromatic heterocycles. The Labute approximate surface area is 101 Å². The molecule has 0 saturated heterocycles. The SMILES string of the molecule is NC(=O)c1ccc2c(c1)-c1nc(F)cnc1CO2. The lowest BCUT2D eigenvalue weighted by Gasteiger charge is -2.19. The molecule has 6 heteroatoms. The number of hydrogen-bond acceptors (Lipinski definition) is 4. The quantitative estimate of drug-likeness (QED) is 0.820. The van der Waals surface area contributed by atoms with Gasteiger partial charge in [-0.15, -0.1) is 0 Å². The molecule has 5 nitrogen and oxygen atoms in total. The van der Waals surface area contributed by atoms with Gasteiger partial charge in [0, 0.05) is 11.1 Å². The number of nitrogens with two attached hydrogens (primary N) is 1. The van der Waals surface area contributed by atoms with Crippen LogP contribution in [0, 0.1) is 5.95 Å². The summed E-state index contributed by atoms with van der Waals surface area (Å²) in [7, 11) is 0. The number of rotatable bonds is 1. The van der Waals surface area contributed by atoms with Crippen molar-refractivity contribution in [3.05, 3.63) is 41.6 Å². The zero-order valence-electron chi connectivity index (χ0n) is 9.18. The Kier molecular flexibility index (Phi) is 2.22. The van der Waals surface area contributed by atoms with Crippen LogP contribution in [0.4, 0.5) is 4.39 Å². The van der Waals surface area contributed by atoms with Crippen molar-refractivity contribution in [2.24, 2.45) is 5.73 Å². The minimum Gasteiger partial charge on any atom is -0.487 e. The van der Waals surface area contributed by atoms with E-state index in [2.05, 4.69) is 9.97 Å². The van der Waals surface area contributed by atoms with Crippen molar-refractivity contribution in [2.75, 3.05) is 0 Å². The first-order valence-electron chi connectivity index (χ1n) is 5.23. The summed E-state index contributed by atoms with van der Waals surface area (Å²) in [4.78, 5) is 18.8. The van der Waals surface area contributed by atoms with Gasteiger partial charge in [-0.2, -0.15) is 4.39 Å². The Morgan fingerprint density at radius 1 is 1.44 bits per heavy atom. The molecule has 1 aliphatic rings. The average molecular weight is 245 g/mol. The molecular formula is C12H8FN3O2. The second kappa shape index (κ2) is 3.76. The van der Waals surface area contributed by atoms with E-state index >= 15 is 0 Å². The molecule has 0 saturated carbocycles. The molecule has 2 aromatic rings. The first-order chi connectivity index (χ1) is 8.65. The van der Waals surface area contributed by atoms with E-state index in [4.69, 9.17) is 10.5 Å². The highest BCUT2D eigenvalue weighted by molar-refractivity contribution is 5.94. The average Bonchev–Trinajstić information content (AvgIpc) is 2.37. The molecule has 0 bridgehead atoms. The fourth-order valence-corrected chi connectivity index (χ4v) is 1.85. The highest BCUT2D eigenvalue weighted by Gasteiger charge is 2.21. The summed E-state index contributed by atoms with van der Waals surface area (Å²) in [6, 6.07) is 4.70. The van der Waals surface area contributed by atoms with Crippen LogP contribution in [0.1, 0.15) is 16.1 Å². The molecule has 0 atom stereocenters. The highest BCUT2D eigenvalue weighted by Crippen LogP contribution is 2.35. The van der Waals surface area contributed by atoms with Gasteiger partial charge in [-0.05, 0) is 18.2 Å². The van der Waals surface area contributed by atoms with Gasteiger partial charge >= 0.3 is 0 Å². The van der Waals surface area contributed by atoms with E-state index in [-0.39, 0.29) is 6.61 Å². The zero-order chi connectivity index (χ0) is 12.7. The summed E-state index contributed by atoms with van der Waals surface area (Å²) in [5, 5.41) is 0. The summed E-state index contributed by atoms with van der Waals surface area (Å²) in [5.41, 5.74) is 6.97. The van der Waals surface area contributed by atoms with Crippen molar-refractivity contribution in [1.82, 2.24) is 9.97 Å². The number of benzene rings is 1. The zero-order valence-corrected chi connectivity index (χ0v) is 9.18. The molecule has 90 valence electrons. The minimum absolute atomic E-state index is 0.228. The largest absolute Gasteiger partial charge is 0.487 e. The van der Waals surface area contributed by atoms with Crippen LogP contribution in [0.25, 0.3) is 11.3 Å². The lowest BCUT2D eigenvalue weighted by molar-refractivity contribution is 0.100. The number of fused-ring (bicyclic) bond motifs is 3. The van der Waals surface area contributed by atoms with Gasteiger partial charge in [0.25, 0.3) is 0 Å². The number of hydrogen-bond donors (Lipinski definition) is 1. The standard InChI is InChI=1S/C12H8FN3O2/c13-10-4-15-8-5-18-9-2-1-6(12(14)17)3-7(9)11(8)16-10/h1-4H,5H2,(H2,14,17). The van der Waals surface area contributed by atoms with E-state index in [1.807, 2.05) is 0 Å². The number of primary amides is 1. The maximum atomic E-state index is 13.1. The van der Waals surface area contributed by atoms with Crippen molar-refractivity contribution in [2.45, 2.75) is 6.61 Å². The lowest BCUT2D eigenvalue weighted by atomic mass is 10.0. The van der Waals surface area contributed by atoms with E-state index in [1.165, 1.54) is 6.07 Å². The predicted octanol–water partition coefficient (Wildman–Crippen LogP) is 1.27. The van der Waals surface area contributed by atoms with Gasteiger partial charge in [0.15, 0.2) is 0 Å². The topological polar surface area (TPSA) is 78.1 Å². The number of carbonyl (C=O) groups is 1. The minimum atomic E-state index is -0.675. The summed E-state index contributed by atoms with van der Waals surface area (Å²) >= 11 is 0. The van der Waals surface area contributed by atoms with Crippen LogP contribution >= 0.6 is 0 Å². The van der Waals surface area contributed by atoms with Gasteiger partial charge in [-0.1, -0.05) is 0 Å². The van der Waals surface area contributed by atoms with Gasteiger partial charge in [-0.3, -0.25) is 9.78 Å². The first kappa shape index (κ1) is 10.6.